The fraction of sp³-hybridized carbons (Fsp3) is 0.364. The molecule has 0 bridgehead atoms. The Kier molecular flexibility index (Phi) is 5.06. The highest BCUT2D eigenvalue weighted by atomic mass is 35.5. The van der Waals surface area contributed by atoms with Crippen LogP contribution in [0.1, 0.15) is 18.9 Å². The van der Waals surface area contributed by atoms with Crippen LogP contribution in [0.15, 0.2) is 18.2 Å². The smallest absolute Gasteiger partial charge is 0.320 e. The second-order valence-corrected chi connectivity index (χ2v) is 4.24. The van der Waals surface area contributed by atoms with E-state index in [1.54, 1.807) is 12.1 Å². The third-order valence-electron chi connectivity index (χ3n) is 2.24. The first-order valence-corrected chi connectivity index (χ1v) is 5.70. The predicted molar refractivity (Wildman–Crippen MR) is 65.0 cm³/mol. The molecule has 0 saturated heterocycles. The molecule has 0 fully saturated rings. The third kappa shape index (κ3) is 3.67. The van der Waals surface area contributed by atoms with Gasteiger partial charge in [-0.3, -0.25) is 4.79 Å². The summed E-state index contributed by atoms with van der Waals surface area (Å²) >= 11 is 11.6. The Labute approximate surface area is 104 Å². The summed E-state index contributed by atoms with van der Waals surface area (Å²) in [5.74, 6) is -0.845. The normalized spacial score (nSPS) is 12.4. The van der Waals surface area contributed by atoms with Crippen molar-refractivity contribution in [3.8, 4) is 0 Å². The van der Waals surface area contributed by atoms with Crippen LogP contribution in [0.3, 0.4) is 0 Å². The van der Waals surface area contributed by atoms with Gasteiger partial charge in [-0.15, -0.1) is 0 Å². The molecule has 88 valence electrons. The number of rotatable bonds is 5. The molecule has 1 rings (SSSR count). The molecule has 0 aliphatic rings. The standard InChI is InChI=1S/C11H13Cl2NO2/c1-2-10(11(15)16)14-6-7-3-4-8(12)9(13)5-7/h3-5,10,14H,2,6H2,1H3,(H,15,16). The molecular weight excluding hydrogens is 249 g/mol. The molecule has 0 aliphatic carbocycles. The van der Waals surface area contributed by atoms with Crippen molar-refractivity contribution in [3.05, 3.63) is 33.8 Å². The molecule has 2 N–H and O–H groups in total. The average Bonchev–Trinajstić information content (AvgIpc) is 2.23. The lowest BCUT2D eigenvalue weighted by Crippen LogP contribution is -2.35. The summed E-state index contributed by atoms with van der Waals surface area (Å²) in [7, 11) is 0. The van der Waals surface area contributed by atoms with Crippen LogP contribution >= 0.6 is 23.2 Å². The summed E-state index contributed by atoms with van der Waals surface area (Å²) in [5.41, 5.74) is 0.911. The summed E-state index contributed by atoms with van der Waals surface area (Å²) in [4.78, 5) is 10.8. The van der Waals surface area contributed by atoms with Crippen molar-refractivity contribution in [1.29, 1.82) is 0 Å². The second kappa shape index (κ2) is 6.09. The predicted octanol–water partition coefficient (Wildman–Crippen LogP) is 2.95. The van der Waals surface area contributed by atoms with E-state index in [-0.39, 0.29) is 0 Å². The summed E-state index contributed by atoms with van der Waals surface area (Å²) in [6.45, 7) is 2.28. The molecule has 0 aromatic heterocycles. The van der Waals surface area contributed by atoms with Gasteiger partial charge < -0.3 is 10.4 Å². The van der Waals surface area contributed by atoms with Crippen LogP contribution < -0.4 is 5.32 Å². The lowest BCUT2D eigenvalue weighted by atomic mass is 10.2. The van der Waals surface area contributed by atoms with E-state index >= 15 is 0 Å². The quantitative estimate of drug-likeness (QED) is 0.857. The first-order chi connectivity index (χ1) is 7.54. The van der Waals surface area contributed by atoms with Gasteiger partial charge in [0.05, 0.1) is 10.0 Å². The van der Waals surface area contributed by atoms with Gasteiger partial charge in [0.15, 0.2) is 0 Å². The fourth-order valence-electron chi connectivity index (χ4n) is 1.30. The van der Waals surface area contributed by atoms with Crippen LogP contribution in [0.4, 0.5) is 0 Å². The molecule has 0 spiro atoms. The van der Waals surface area contributed by atoms with E-state index in [0.29, 0.717) is 23.0 Å². The molecule has 1 aromatic carbocycles. The number of benzene rings is 1. The van der Waals surface area contributed by atoms with E-state index in [9.17, 15) is 4.79 Å². The van der Waals surface area contributed by atoms with Gasteiger partial charge in [-0.25, -0.2) is 0 Å². The van der Waals surface area contributed by atoms with Gasteiger partial charge in [0, 0.05) is 6.54 Å². The fourth-order valence-corrected chi connectivity index (χ4v) is 1.62. The minimum Gasteiger partial charge on any atom is -0.480 e. The van der Waals surface area contributed by atoms with Gasteiger partial charge in [-0.05, 0) is 24.1 Å². The highest BCUT2D eigenvalue weighted by Crippen LogP contribution is 2.22. The number of hydrogen-bond acceptors (Lipinski definition) is 2. The Morgan fingerprint density at radius 3 is 2.62 bits per heavy atom. The minimum atomic E-state index is -0.845. The number of hydrogen-bond donors (Lipinski definition) is 2. The zero-order chi connectivity index (χ0) is 12.1. The van der Waals surface area contributed by atoms with Crippen LogP contribution in [0.5, 0.6) is 0 Å². The molecule has 3 nitrogen and oxygen atoms in total. The summed E-state index contributed by atoms with van der Waals surface area (Å²) < 4.78 is 0. The number of aliphatic carboxylic acids is 1. The minimum absolute atomic E-state index is 0.460. The molecule has 0 aliphatic heterocycles. The van der Waals surface area contributed by atoms with Gasteiger partial charge in [0.2, 0.25) is 0 Å². The summed E-state index contributed by atoms with van der Waals surface area (Å²) in [6.07, 6.45) is 0.538. The number of carboxylic acid groups (broad SMARTS) is 1. The van der Waals surface area contributed by atoms with Crippen molar-refractivity contribution in [2.45, 2.75) is 25.9 Å². The van der Waals surface area contributed by atoms with Crippen molar-refractivity contribution in [3.63, 3.8) is 0 Å². The Hall–Kier alpha value is -0.770. The molecule has 0 saturated carbocycles. The first-order valence-electron chi connectivity index (χ1n) is 4.94. The SMILES string of the molecule is CCC(NCc1ccc(Cl)c(Cl)c1)C(=O)O. The number of halogens is 2. The summed E-state index contributed by atoms with van der Waals surface area (Å²) in [5, 5.41) is 12.7. The molecule has 1 atom stereocenters. The number of carboxylic acids is 1. The third-order valence-corrected chi connectivity index (χ3v) is 2.98. The molecule has 16 heavy (non-hydrogen) atoms. The maximum absolute atomic E-state index is 10.8. The van der Waals surface area contributed by atoms with Crippen molar-refractivity contribution >= 4 is 29.2 Å². The van der Waals surface area contributed by atoms with Crippen molar-refractivity contribution in [2.24, 2.45) is 0 Å². The summed E-state index contributed by atoms with van der Waals surface area (Å²) in [6, 6.07) is 4.71. The largest absolute Gasteiger partial charge is 0.480 e. The lowest BCUT2D eigenvalue weighted by molar-refractivity contribution is -0.139. The Morgan fingerprint density at radius 2 is 2.12 bits per heavy atom. The molecule has 5 heteroatoms. The Morgan fingerprint density at radius 1 is 1.44 bits per heavy atom. The van der Waals surface area contributed by atoms with Crippen LogP contribution in [-0.4, -0.2) is 17.1 Å². The number of nitrogens with one attached hydrogen (secondary N) is 1. The zero-order valence-electron chi connectivity index (χ0n) is 8.84. The molecule has 1 unspecified atom stereocenters. The van der Waals surface area contributed by atoms with Gasteiger partial charge in [-0.1, -0.05) is 36.2 Å². The van der Waals surface area contributed by atoms with Crippen molar-refractivity contribution in [1.82, 2.24) is 5.32 Å². The van der Waals surface area contributed by atoms with Gasteiger partial charge in [-0.2, -0.15) is 0 Å². The monoisotopic (exact) mass is 261 g/mol. The van der Waals surface area contributed by atoms with Gasteiger partial charge in [0.1, 0.15) is 6.04 Å². The zero-order valence-corrected chi connectivity index (χ0v) is 10.3. The van der Waals surface area contributed by atoms with Gasteiger partial charge in [0.25, 0.3) is 0 Å². The molecule has 0 heterocycles. The van der Waals surface area contributed by atoms with Crippen molar-refractivity contribution in [2.75, 3.05) is 0 Å². The first kappa shape index (κ1) is 13.3. The van der Waals surface area contributed by atoms with Crippen LogP contribution in [0, 0.1) is 0 Å². The lowest BCUT2D eigenvalue weighted by Gasteiger charge is -2.12. The van der Waals surface area contributed by atoms with E-state index in [1.807, 2.05) is 13.0 Å². The Balaban J connectivity index is 2.60. The van der Waals surface area contributed by atoms with E-state index in [2.05, 4.69) is 5.32 Å². The Bertz CT molecular complexity index is 382. The molecule has 0 amide bonds. The molecule has 1 aromatic rings. The highest BCUT2D eigenvalue weighted by molar-refractivity contribution is 6.42. The highest BCUT2D eigenvalue weighted by Gasteiger charge is 2.13. The van der Waals surface area contributed by atoms with Crippen molar-refractivity contribution < 1.29 is 9.90 Å². The van der Waals surface area contributed by atoms with Crippen LogP contribution in [0.25, 0.3) is 0 Å². The maximum Gasteiger partial charge on any atom is 0.320 e. The number of carbonyl (C=O) groups is 1. The van der Waals surface area contributed by atoms with E-state index < -0.39 is 12.0 Å². The topological polar surface area (TPSA) is 49.3 Å². The van der Waals surface area contributed by atoms with Crippen LogP contribution in [0.2, 0.25) is 10.0 Å². The van der Waals surface area contributed by atoms with E-state index in [4.69, 9.17) is 28.3 Å². The average molecular weight is 262 g/mol. The molecule has 0 radical (unpaired) electrons. The maximum atomic E-state index is 10.8. The second-order valence-electron chi connectivity index (χ2n) is 3.43. The van der Waals surface area contributed by atoms with Crippen LogP contribution in [-0.2, 0) is 11.3 Å². The van der Waals surface area contributed by atoms with E-state index in [0.717, 1.165) is 5.56 Å². The molecular formula is C11H13Cl2NO2. The van der Waals surface area contributed by atoms with E-state index in [1.165, 1.54) is 0 Å². The van der Waals surface area contributed by atoms with Gasteiger partial charge >= 0.3 is 5.97 Å².